The van der Waals surface area contributed by atoms with Gasteiger partial charge in [0, 0.05) is 19.1 Å². The van der Waals surface area contributed by atoms with E-state index < -0.39 is 41.7 Å². The average molecular weight is 384 g/mol. The Bertz CT molecular complexity index is 665. The van der Waals surface area contributed by atoms with Crippen LogP contribution in [0.25, 0.3) is 0 Å². The Hall–Kier alpha value is -1.79. The molecule has 3 rings (SSSR count). The largest absolute Gasteiger partial charge is 0.595 e. The predicted octanol–water partition coefficient (Wildman–Crippen LogP) is -0.789. The van der Waals surface area contributed by atoms with Crippen LogP contribution >= 0.6 is 0 Å². The molecule has 0 saturated carbocycles. The fourth-order valence-electron chi connectivity index (χ4n) is 3.14. The lowest BCUT2D eigenvalue weighted by Gasteiger charge is -2.49. The van der Waals surface area contributed by atoms with Crippen LogP contribution in [0.2, 0.25) is 0 Å². The van der Waals surface area contributed by atoms with Gasteiger partial charge < -0.3 is 34.6 Å². The minimum atomic E-state index is -1.08. The van der Waals surface area contributed by atoms with Crippen molar-refractivity contribution in [2.75, 3.05) is 6.61 Å². The number of amides is 1. The summed E-state index contributed by atoms with van der Waals surface area (Å²) in [6, 6.07) is 4.86. The molecule has 10 heteroatoms. The second kappa shape index (κ2) is 7.68. The molecule has 0 aliphatic carbocycles. The number of ether oxygens (including phenoxy) is 4. The maximum absolute atomic E-state index is 11.6. The highest BCUT2D eigenvalue weighted by Crippen LogP contribution is 2.33. The fraction of sp³-hybridized carbons (Fsp3) is 0.588. The summed E-state index contributed by atoms with van der Waals surface area (Å²) in [6.45, 7) is 4.98. The van der Waals surface area contributed by atoms with Crippen LogP contribution in [0.1, 0.15) is 20.8 Å². The molecule has 1 aromatic rings. The van der Waals surface area contributed by atoms with Gasteiger partial charge in [0.2, 0.25) is 12.2 Å². The van der Waals surface area contributed by atoms with Gasteiger partial charge in [-0.25, -0.2) is 5.21 Å². The number of carbonyl (C=O) groups excluding carboxylic acids is 1. The van der Waals surface area contributed by atoms with E-state index in [1.54, 1.807) is 13.8 Å². The summed E-state index contributed by atoms with van der Waals surface area (Å²) in [5, 5.41) is 32.3. The van der Waals surface area contributed by atoms with Crippen molar-refractivity contribution in [2.45, 2.75) is 57.2 Å². The van der Waals surface area contributed by atoms with E-state index in [9.17, 15) is 15.1 Å². The van der Waals surface area contributed by atoms with E-state index in [4.69, 9.17) is 24.2 Å². The van der Waals surface area contributed by atoms with Gasteiger partial charge in [0.15, 0.2) is 11.5 Å². The third-order valence-corrected chi connectivity index (χ3v) is 4.41. The summed E-state index contributed by atoms with van der Waals surface area (Å²) < 4.78 is 23.0. The first-order chi connectivity index (χ1) is 12.7. The van der Waals surface area contributed by atoms with Gasteiger partial charge in [-0.1, -0.05) is 0 Å². The highest BCUT2D eigenvalue weighted by atomic mass is 16.8. The van der Waals surface area contributed by atoms with Crippen LogP contribution in [0.3, 0.4) is 0 Å². The number of aliphatic hydroxyl groups excluding tert-OH is 1. The summed E-state index contributed by atoms with van der Waals surface area (Å²) >= 11 is 0. The molecule has 2 heterocycles. The predicted molar refractivity (Wildman–Crippen MR) is 90.0 cm³/mol. The number of rotatable bonds is 4. The van der Waals surface area contributed by atoms with Crippen LogP contribution in [-0.2, 0) is 19.0 Å². The van der Waals surface area contributed by atoms with Gasteiger partial charge in [-0.2, -0.15) is 5.23 Å². The van der Waals surface area contributed by atoms with Gasteiger partial charge in [0.05, 0.1) is 6.61 Å². The molecule has 0 radical (unpaired) electrons. The number of fused-ring (bicyclic) bond motifs is 1. The lowest BCUT2D eigenvalue weighted by atomic mass is 9.95. The van der Waals surface area contributed by atoms with Crippen LogP contribution < -0.4 is 15.3 Å². The van der Waals surface area contributed by atoms with Crippen LogP contribution in [0.15, 0.2) is 24.3 Å². The van der Waals surface area contributed by atoms with E-state index in [0.717, 1.165) is 0 Å². The fourth-order valence-corrected chi connectivity index (χ4v) is 3.14. The van der Waals surface area contributed by atoms with E-state index in [1.165, 1.54) is 31.2 Å². The zero-order chi connectivity index (χ0) is 19.8. The smallest absolute Gasteiger partial charge is 0.223 e. The summed E-state index contributed by atoms with van der Waals surface area (Å²) in [5.74, 6) is -0.904. The average Bonchev–Trinajstić information content (AvgIpc) is 2.59. The van der Waals surface area contributed by atoms with Gasteiger partial charge in [-0.15, -0.1) is 0 Å². The minimum absolute atomic E-state index is 0.113. The molecule has 1 amide bonds. The van der Waals surface area contributed by atoms with Crippen molar-refractivity contribution in [1.82, 2.24) is 5.32 Å². The molecular weight excluding hydrogens is 360 g/mol. The second-order valence-electron chi connectivity index (χ2n) is 7.00. The number of nitrogens with one attached hydrogen (secondary N) is 2. The minimum Gasteiger partial charge on any atom is -0.595 e. The molecule has 2 saturated heterocycles. The molecule has 1 aromatic carbocycles. The molecule has 0 aromatic heterocycles. The van der Waals surface area contributed by atoms with Crippen molar-refractivity contribution < 1.29 is 39.3 Å². The summed E-state index contributed by atoms with van der Waals surface area (Å²) in [6.07, 6.45) is -3.37. The van der Waals surface area contributed by atoms with E-state index in [1.807, 2.05) is 0 Å². The standard InChI is InChI=1S/C17H24N2O8/c1-9(20)18-13-14(21)15-12(8-24-17(2,3)27-15)26-16(13)25-11-6-4-10(5-7-11)19(22)23/h4-7,12-16,19,21-22H,8H2,1-3H3,(H,18,20). The van der Waals surface area contributed by atoms with E-state index in [2.05, 4.69) is 5.32 Å². The topological polar surface area (TPSA) is 134 Å². The first kappa shape index (κ1) is 20.0. The molecule has 150 valence electrons. The number of hydrogen-bond acceptors (Lipinski definition) is 8. The van der Waals surface area contributed by atoms with Crippen molar-refractivity contribution in [3.63, 3.8) is 0 Å². The molecular formula is C17H24N2O8. The van der Waals surface area contributed by atoms with E-state index >= 15 is 0 Å². The van der Waals surface area contributed by atoms with Crippen LogP contribution in [-0.4, -0.2) is 59.3 Å². The number of quaternary nitrogens is 1. The first-order valence-electron chi connectivity index (χ1n) is 8.59. The summed E-state index contributed by atoms with van der Waals surface area (Å²) in [4.78, 5) is 11.6. The number of aliphatic hydroxyl groups is 1. The van der Waals surface area contributed by atoms with Gasteiger partial charge in [0.1, 0.15) is 30.1 Å². The van der Waals surface area contributed by atoms with Gasteiger partial charge in [-0.3, -0.25) is 4.79 Å². The zero-order valence-electron chi connectivity index (χ0n) is 15.2. The molecule has 10 nitrogen and oxygen atoms in total. The Kier molecular flexibility index (Phi) is 5.68. The summed E-state index contributed by atoms with van der Waals surface area (Å²) in [5.41, 5.74) is 0.113. The Balaban J connectivity index is 1.78. The maximum Gasteiger partial charge on any atom is 0.223 e. The molecule has 2 aliphatic rings. The van der Waals surface area contributed by atoms with Gasteiger partial charge in [0.25, 0.3) is 0 Å². The third kappa shape index (κ3) is 4.55. The number of benzene rings is 1. The SMILES string of the molecule is CC(=O)NC1C(Oc2ccc([NH+]([O-])O)cc2)OC2COC(C)(C)OC2C1O. The maximum atomic E-state index is 11.6. The molecule has 6 atom stereocenters. The number of hydrogen-bond donors (Lipinski definition) is 4. The highest BCUT2D eigenvalue weighted by molar-refractivity contribution is 5.73. The third-order valence-electron chi connectivity index (χ3n) is 4.41. The summed E-state index contributed by atoms with van der Waals surface area (Å²) in [7, 11) is 0. The first-order valence-corrected chi connectivity index (χ1v) is 8.59. The lowest BCUT2D eigenvalue weighted by molar-refractivity contribution is -0.991. The van der Waals surface area contributed by atoms with Crippen molar-refractivity contribution in [1.29, 1.82) is 0 Å². The van der Waals surface area contributed by atoms with E-state index in [-0.39, 0.29) is 18.2 Å². The second-order valence-corrected chi connectivity index (χ2v) is 7.00. The van der Waals surface area contributed by atoms with Gasteiger partial charge >= 0.3 is 0 Å². The Labute approximate surface area is 156 Å². The lowest BCUT2D eigenvalue weighted by Crippen LogP contribution is -2.99. The van der Waals surface area contributed by atoms with Crippen molar-refractivity contribution >= 4 is 11.6 Å². The van der Waals surface area contributed by atoms with Crippen molar-refractivity contribution in [3.05, 3.63) is 29.5 Å². The number of carbonyl (C=O) groups is 1. The van der Waals surface area contributed by atoms with Crippen LogP contribution in [0.5, 0.6) is 5.75 Å². The Morgan fingerprint density at radius 1 is 1.37 bits per heavy atom. The van der Waals surface area contributed by atoms with Gasteiger partial charge in [-0.05, 0) is 26.0 Å². The Morgan fingerprint density at radius 3 is 2.63 bits per heavy atom. The zero-order valence-corrected chi connectivity index (χ0v) is 15.2. The molecule has 0 spiro atoms. The Morgan fingerprint density at radius 2 is 2.04 bits per heavy atom. The molecule has 0 bridgehead atoms. The highest BCUT2D eigenvalue weighted by Gasteiger charge is 2.52. The molecule has 4 N–H and O–H groups in total. The quantitative estimate of drug-likeness (QED) is 0.496. The normalized spacial score (nSPS) is 33.6. The molecule has 2 fully saturated rings. The van der Waals surface area contributed by atoms with Crippen molar-refractivity contribution in [3.8, 4) is 5.75 Å². The molecule has 27 heavy (non-hydrogen) atoms. The molecule has 2 aliphatic heterocycles. The molecule has 6 unspecified atom stereocenters. The van der Waals surface area contributed by atoms with Crippen LogP contribution in [0, 0.1) is 5.21 Å². The monoisotopic (exact) mass is 384 g/mol. The van der Waals surface area contributed by atoms with Crippen molar-refractivity contribution in [2.24, 2.45) is 0 Å². The van der Waals surface area contributed by atoms with E-state index in [0.29, 0.717) is 5.75 Å². The van der Waals surface area contributed by atoms with Crippen LogP contribution in [0.4, 0.5) is 5.69 Å².